The van der Waals surface area contributed by atoms with Crippen LogP contribution in [0.5, 0.6) is 0 Å². The third kappa shape index (κ3) is 7.89. The first kappa shape index (κ1) is 22.0. The van der Waals surface area contributed by atoms with Gasteiger partial charge in [0.25, 0.3) is 0 Å². The van der Waals surface area contributed by atoms with E-state index in [-0.39, 0.29) is 0 Å². The Bertz CT molecular complexity index is 286. The molecule has 1 aliphatic rings. The van der Waals surface area contributed by atoms with Gasteiger partial charge in [0.1, 0.15) is 0 Å². The third-order valence-electron chi connectivity index (χ3n) is 6.56. The monoisotopic (exact) mass is 337 g/mol. The summed E-state index contributed by atoms with van der Waals surface area (Å²) in [5, 5.41) is 0. The molecule has 1 saturated heterocycles. The molecule has 0 aromatic rings. The van der Waals surface area contributed by atoms with Gasteiger partial charge in [0.2, 0.25) is 0 Å². The topological polar surface area (TPSA) is 3.24 Å². The Morgan fingerprint density at radius 3 is 1.88 bits per heavy atom. The molecule has 0 aromatic heterocycles. The van der Waals surface area contributed by atoms with Crippen molar-refractivity contribution in [3.63, 3.8) is 0 Å². The Labute approximate surface area is 154 Å². The van der Waals surface area contributed by atoms with Crippen molar-refractivity contribution < 1.29 is 0 Å². The van der Waals surface area contributed by atoms with Crippen LogP contribution in [0.25, 0.3) is 0 Å². The lowest BCUT2D eigenvalue weighted by molar-refractivity contribution is 0.0610. The number of unbranched alkanes of at least 4 members (excludes halogenated alkanes) is 6. The molecule has 24 heavy (non-hydrogen) atoms. The Morgan fingerprint density at radius 2 is 1.38 bits per heavy atom. The molecule has 0 spiro atoms. The second-order valence-corrected chi connectivity index (χ2v) is 8.98. The SMILES string of the molecule is CCCCCCC(C)(CCCCCC)N1C[C@H](C)CC[C@H](CC)C1. The first-order valence-electron chi connectivity index (χ1n) is 11.3. The van der Waals surface area contributed by atoms with Crippen molar-refractivity contribution in [3.05, 3.63) is 0 Å². The van der Waals surface area contributed by atoms with Crippen LogP contribution in [0.4, 0.5) is 0 Å². The van der Waals surface area contributed by atoms with Gasteiger partial charge >= 0.3 is 0 Å². The van der Waals surface area contributed by atoms with Crippen molar-refractivity contribution in [3.8, 4) is 0 Å². The molecule has 0 aliphatic carbocycles. The molecule has 1 aliphatic heterocycles. The van der Waals surface area contributed by atoms with Crippen molar-refractivity contribution in [1.29, 1.82) is 0 Å². The minimum atomic E-state index is 0.452. The van der Waals surface area contributed by atoms with Crippen molar-refractivity contribution in [1.82, 2.24) is 4.90 Å². The predicted molar refractivity (Wildman–Crippen MR) is 110 cm³/mol. The largest absolute Gasteiger partial charge is 0.297 e. The molecular weight excluding hydrogens is 290 g/mol. The number of rotatable bonds is 12. The van der Waals surface area contributed by atoms with Crippen LogP contribution in [0.2, 0.25) is 0 Å². The zero-order valence-electron chi connectivity index (χ0n) is 17.7. The van der Waals surface area contributed by atoms with E-state index in [0.29, 0.717) is 5.54 Å². The summed E-state index contributed by atoms with van der Waals surface area (Å²) in [6.07, 6.45) is 18.4. The van der Waals surface area contributed by atoms with Crippen molar-refractivity contribution >= 4 is 0 Å². The van der Waals surface area contributed by atoms with Crippen molar-refractivity contribution in [2.75, 3.05) is 13.1 Å². The average Bonchev–Trinajstić information content (AvgIpc) is 2.77. The standard InChI is InChI=1S/C23H47N/c1-6-9-11-13-17-23(5,18-14-12-10-7-2)24-19-21(4)15-16-22(8-3)20-24/h21-22H,6-20H2,1-5H3/t21-,22+/m1/s1. The maximum atomic E-state index is 2.94. The van der Waals surface area contributed by atoms with Crippen LogP contribution in [0.1, 0.15) is 118 Å². The minimum Gasteiger partial charge on any atom is -0.297 e. The Balaban J connectivity index is 2.71. The molecule has 1 heteroatoms. The Kier molecular flexibility index (Phi) is 11.3. The highest BCUT2D eigenvalue weighted by Crippen LogP contribution is 2.34. The van der Waals surface area contributed by atoms with E-state index in [1.807, 2.05) is 0 Å². The third-order valence-corrected chi connectivity index (χ3v) is 6.56. The predicted octanol–water partition coefficient (Wildman–Crippen LogP) is 7.44. The zero-order valence-corrected chi connectivity index (χ0v) is 17.7. The van der Waals surface area contributed by atoms with Crippen LogP contribution in [0.3, 0.4) is 0 Å². The zero-order chi connectivity index (χ0) is 17.8. The maximum absolute atomic E-state index is 2.94. The van der Waals surface area contributed by atoms with Crippen molar-refractivity contribution in [2.24, 2.45) is 11.8 Å². The van der Waals surface area contributed by atoms with Gasteiger partial charge in [0, 0.05) is 18.6 Å². The Hall–Kier alpha value is -0.0400. The lowest BCUT2D eigenvalue weighted by Gasteiger charge is -2.43. The fourth-order valence-electron chi connectivity index (χ4n) is 4.55. The second-order valence-electron chi connectivity index (χ2n) is 8.98. The van der Waals surface area contributed by atoms with E-state index in [4.69, 9.17) is 0 Å². The van der Waals surface area contributed by atoms with Crippen LogP contribution < -0.4 is 0 Å². The summed E-state index contributed by atoms with van der Waals surface area (Å²) in [5.74, 6) is 1.81. The average molecular weight is 338 g/mol. The van der Waals surface area contributed by atoms with Gasteiger partial charge in [-0.3, -0.25) is 4.90 Å². The summed E-state index contributed by atoms with van der Waals surface area (Å²) in [6.45, 7) is 14.8. The molecule has 1 nitrogen and oxygen atoms in total. The lowest BCUT2D eigenvalue weighted by atomic mass is 9.85. The summed E-state index contributed by atoms with van der Waals surface area (Å²) in [7, 11) is 0. The first-order valence-corrected chi connectivity index (χ1v) is 11.3. The van der Waals surface area contributed by atoms with E-state index < -0.39 is 0 Å². The highest BCUT2D eigenvalue weighted by Gasteiger charge is 2.34. The van der Waals surface area contributed by atoms with Gasteiger partial charge in [-0.15, -0.1) is 0 Å². The molecular formula is C23H47N. The van der Waals surface area contributed by atoms with Crippen LogP contribution in [0, 0.1) is 11.8 Å². The summed E-state index contributed by atoms with van der Waals surface area (Å²) >= 11 is 0. The molecule has 1 heterocycles. The van der Waals surface area contributed by atoms with Crippen LogP contribution in [-0.4, -0.2) is 23.5 Å². The van der Waals surface area contributed by atoms with E-state index >= 15 is 0 Å². The number of nitrogens with zero attached hydrogens (tertiary/aromatic N) is 1. The van der Waals surface area contributed by atoms with Crippen LogP contribution >= 0.6 is 0 Å². The van der Waals surface area contributed by atoms with E-state index in [0.717, 1.165) is 11.8 Å². The molecule has 1 rings (SSSR count). The number of hydrogen-bond acceptors (Lipinski definition) is 1. The first-order chi connectivity index (χ1) is 11.6. The van der Waals surface area contributed by atoms with Gasteiger partial charge in [-0.25, -0.2) is 0 Å². The minimum absolute atomic E-state index is 0.452. The normalized spacial score (nSPS) is 23.4. The molecule has 0 aromatic carbocycles. The highest BCUT2D eigenvalue weighted by atomic mass is 15.2. The second kappa shape index (κ2) is 12.3. The smallest absolute Gasteiger partial charge is 0.0181 e. The van der Waals surface area contributed by atoms with Gasteiger partial charge in [-0.1, -0.05) is 85.5 Å². The summed E-state index contributed by atoms with van der Waals surface area (Å²) in [6, 6.07) is 0. The highest BCUT2D eigenvalue weighted by molar-refractivity contribution is 4.90. The molecule has 0 saturated carbocycles. The van der Waals surface area contributed by atoms with Gasteiger partial charge in [0.15, 0.2) is 0 Å². The summed E-state index contributed by atoms with van der Waals surface area (Å²) in [5.41, 5.74) is 0.452. The summed E-state index contributed by atoms with van der Waals surface area (Å²) in [4.78, 5) is 2.94. The van der Waals surface area contributed by atoms with E-state index in [1.165, 1.54) is 96.6 Å². The van der Waals surface area contributed by atoms with Crippen molar-refractivity contribution in [2.45, 2.75) is 124 Å². The van der Waals surface area contributed by atoms with E-state index in [9.17, 15) is 0 Å². The van der Waals surface area contributed by atoms with Gasteiger partial charge in [-0.2, -0.15) is 0 Å². The van der Waals surface area contributed by atoms with E-state index in [2.05, 4.69) is 39.5 Å². The molecule has 0 radical (unpaired) electrons. The molecule has 1 fully saturated rings. The van der Waals surface area contributed by atoms with Gasteiger partial charge in [0.05, 0.1) is 0 Å². The van der Waals surface area contributed by atoms with Crippen LogP contribution in [-0.2, 0) is 0 Å². The molecule has 0 N–H and O–H groups in total. The van der Waals surface area contributed by atoms with E-state index in [1.54, 1.807) is 0 Å². The molecule has 2 atom stereocenters. The number of likely N-dealkylation sites (tertiary alicyclic amines) is 1. The fourth-order valence-corrected chi connectivity index (χ4v) is 4.55. The molecule has 0 amide bonds. The summed E-state index contributed by atoms with van der Waals surface area (Å²) < 4.78 is 0. The van der Waals surface area contributed by atoms with Crippen LogP contribution in [0.15, 0.2) is 0 Å². The Morgan fingerprint density at radius 1 is 0.792 bits per heavy atom. The molecule has 0 bridgehead atoms. The fraction of sp³-hybridized carbons (Fsp3) is 1.00. The van der Waals surface area contributed by atoms with Gasteiger partial charge < -0.3 is 0 Å². The lowest BCUT2D eigenvalue weighted by Crippen LogP contribution is -2.49. The number of hydrogen-bond donors (Lipinski definition) is 0. The maximum Gasteiger partial charge on any atom is 0.0181 e. The quantitative estimate of drug-likeness (QED) is 0.334. The molecule has 144 valence electrons. The molecule has 0 unspecified atom stereocenters. The van der Waals surface area contributed by atoms with Gasteiger partial charge in [-0.05, 0) is 44.4 Å².